The zero-order chi connectivity index (χ0) is 33.6. The monoisotopic (exact) mass is 664 g/mol. The number of nitrogens with zero attached hydrogens (tertiary/aromatic N) is 3. The Kier molecular flexibility index (Phi) is 10.9. The van der Waals surface area contributed by atoms with Gasteiger partial charge in [0, 0.05) is 62.2 Å². The van der Waals surface area contributed by atoms with E-state index in [2.05, 4.69) is 31.1 Å². The van der Waals surface area contributed by atoms with Gasteiger partial charge in [-0.1, -0.05) is 30.3 Å². The van der Waals surface area contributed by atoms with Gasteiger partial charge in [-0.15, -0.1) is 0 Å². The second kappa shape index (κ2) is 15.1. The van der Waals surface area contributed by atoms with Gasteiger partial charge in [-0.25, -0.2) is 0 Å². The van der Waals surface area contributed by atoms with Gasteiger partial charge in [0.05, 0.1) is 24.0 Å². The predicted molar refractivity (Wildman–Crippen MR) is 179 cm³/mol. The van der Waals surface area contributed by atoms with Crippen LogP contribution in [0.3, 0.4) is 0 Å². The SMILES string of the molecule is CC(NC(=O)c1cc(C(=O)N[C@H](CN[C@@H](C)C(=O)NCC2CC2)Cc2ccccc2)cc(N2CCCNS2(=O)=O)c1)c1cnn(C)c1. The highest BCUT2D eigenvalue weighted by Gasteiger charge is 2.28. The molecule has 2 fully saturated rings. The first kappa shape index (κ1) is 34.1. The second-order valence-corrected chi connectivity index (χ2v) is 14.1. The second-order valence-electron chi connectivity index (χ2n) is 12.4. The van der Waals surface area contributed by atoms with Crippen LogP contribution in [0.5, 0.6) is 0 Å². The third-order valence-corrected chi connectivity index (χ3v) is 9.94. The number of nitrogens with one attached hydrogen (secondary N) is 5. The normalized spacial score (nSPS) is 17.7. The number of aromatic nitrogens is 2. The fourth-order valence-electron chi connectivity index (χ4n) is 5.41. The molecule has 3 amide bonds. The van der Waals surface area contributed by atoms with Crippen molar-refractivity contribution in [3.8, 4) is 0 Å². The van der Waals surface area contributed by atoms with Gasteiger partial charge in [0.2, 0.25) is 5.91 Å². The Morgan fingerprint density at radius 1 is 1.02 bits per heavy atom. The van der Waals surface area contributed by atoms with E-state index in [4.69, 9.17) is 0 Å². The number of rotatable bonds is 14. The average molecular weight is 665 g/mol. The number of carbonyl (C=O) groups is 3. The van der Waals surface area contributed by atoms with Crippen LogP contribution in [0.15, 0.2) is 60.9 Å². The third kappa shape index (κ3) is 9.40. The molecule has 5 rings (SSSR count). The van der Waals surface area contributed by atoms with Gasteiger partial charge in [0.25, 0.3) is 11.8 Å². The summed E-state index contributed by atoms with van der Waals surface area (Å²) < 4.78 is 31.2. The molecule has 2 aromatic carbocycles. The highest BCUT2D eigenvalue weighted by Crippen LogP contribution is 2.27. The number of aryl methyl sites for hydroxylation is 1. The molecule has 1 unspecified atom stereocenters. The lowest BCUT2D eigenvalue weighted by Crippen LogP contribution is -2.50. The van der Waals surface area contributed by atoms with E-state index in [1.165, 1.54) is 22.5 Å². The van der Waals surface area contributed by atoms with Gasteiger partial charge < -0.3 is 21.3 Å². The maximum atomic E-state index is 13.9. The summed E-state index contributed by atoms with van der Waals surface area (Å²) in [4.78, 5) is 40.0. The van der Waals surface area contributed by atoms with Crippen molar-refractivity contribution < 1.29 is 22.8 Å². The van der Waals surface area contributed by atoms with E-state index in [0.29, 0.717) is 38.4 Å². The quantitative estimate of drug-likeness (QED) is 0.175. The largest absolute Gasteiger partial charge is 0.354 e. The minimum Gasteiger partial charge on any atom is -0.354 e. The molecule has 0 bridgehead atoms. The first-order chi connectivity index (χ1) is 22.5. The summed E-state index contributed by atoms with van der Waals surface area (Å²) in [5.41, 5.74) is 2.28. The summed E-state index contributed by atoms with van der Waals surface area (Å²) >= 11 is 0. The molecule has 1 aromatic heterocycles. The predicted octanol–water partition coefficient (Wildman–Crippen LogP) is 1.80. The molecule has 1 aliphatic heterocycles. The molecule has 252 valence electrons. The summed E-state index contributed by atoms with van der Waals surface area (Å²) in [6.45, 7) is 5.09. The molecule has 1 aliphatic carbocycles. The molecule has 1 saturated heterocycles. The minimum absolute atomic E-state index is 0.0955. The van der Waals surface area contributed by atoms with Crippen molar-refractivity contribution >= 4 is 33.6 Å². The topological polar surface area (TPSA) is 167 Å². The number of hydrogen-bond acceptors (Lipinski definition) is 7. The van der Waals surface area contributed by atoms with E-state index >= 15 is 0 Å². The molecule has 13 nitrogen and oxygen atoms in total. The Labute approximate surface area is 276 Å². The molecular formula is C33H44N8O5S. The zero-order valence-electron chi connectivity index (χ0n) is 27.0. The van der Waals surface area contributed by atoms with Crippen molar-refractivity contribution in [1.29, 1.82) is 0 Å². The molecule has 5 N–H and O–H groups in total. The van der Waals surface area contributed by atoms with Gasteiger partial charge in [-0.05, 0) is 69.2 Å². The van der Waals surface area contributed by atoms with E-state index in [0.717, 1.165) is 24.0 Å². The van der Waals surface area contributed by atoms with Gasteiger partial charge >= 0.3 is 10.2 Å². The lowest BCUT2D eigenvalue weighted by atomic mass is 10.0. The van der Waals surface area contributed by atoms with Crippen LogP contribution in [-0.2, 0) is 28.5 Å². The standard InChI is InChI=1S/C33H44N8O5S/c1-22(28-19-36-40(3)21-28)38-32(43)26-15-27(17-30(16-26)41-13-7-12-37-47(41,45)46)33(44)39-29(14-24-8-5-4-6-9-24)20-34-23(2)31(42)35-18-25-10-11-25/h4-6,8-9,15-17,19,21-23,25,29,34,37H,7,10-14,18,20H2,1-3H3,(H,35,42)(H,38,43)(H,39,44)/t22?,23-,29-/m0/s1. The summed E-state index contributed by atoms with van der Waals surface area (Å²) in [5.74, 6) is -0.472. The van der Waals surface area contributed by atoms with Crippen LogP contribution in [-0.4, -0.2) is 74.2 Å². The molecule has 3 aromatic rings. The van der Waals surface area contributed by atoms with Crippen LogP contribution in [0.2, 0.25) is 0 Å². The van der Waals surface area contributed by atoms with Crippen LogP contribution in [0, 0.1) is 5.92 Å². The smallest absolute Gasteiger partial charge is 0.301 e. The molecule has 3 atom stereocenters. The molecule has 2 heterocycles. The number of hydrogen-bond donors (Lipinski definition) is 5. The first-order valence-electron chi connectivity index (χ1n) is 16.1. The summed E-state index contributed by atoms with van der Waals surface area (Å²) in [5, 5.41) is 16.4. The van der Waals surface area contributed by atoms with Gasteiger partial charge in [0.1, 0.15) is 0 Å². The Hall–Kier alpha value is -4.27. The summed E-state index contributed by atoms with van der Waals surface area (Å²) in [7, 11) is -2.08. The Bertz CT molecular complexity index is 1670. The van der Waals surface area contributed by atoms with Gasteiger partial charge in [-0.3, -0.25) is 23.4 Å². The van der Waals surface area contributed by atoms with Gasteiger partial charge in [0.15, 0.2) is 0 Å². The van der Waals surface area contributed by atoms with Crippen molar-refractivity contribution in [2.75, 3.05) is 30.5 Å². The van der Waals surface area contributed by atoms with Crippen molar-refractivity contribution in [3.05, 3.63) is 83.2 Å². The minimum atomic E-state index is -3.86. The fraction of sp³-hybridized carbons (Fsp3) is 0.455. The highest BCUT2D eigenvalue weighted by atomic mass is 32.2. The number of carbonyl (C=O) groups excluding carboxylic acids is 3. The van der Waals surface area contributed by atoms with Crippen LogP contribution >= 0.6 is 0 Å². The molecule has 2 aliphatic rings. The molecule has 0 spiro atoms. The molecule has 47 heavy (non-hydrogen) atoms. The lowest BCUT2D eigenvalue weighted by Gasteiger charge is -2.29. The van der Waals surface area contributed by atoms with Crippen LogP contribution in [0.1, 0.15) is 71.0 Å². The fourth-order valence-corrected chi connectivity index (χ4v) is 6.72. The number of benzene rings is 2. The van der Waals surface area contributed by atoms with Crippen molar-refractivity contribution in [2.45, 2.75) is 57.7 Å². The van der Waals surface area contributed by atoms with Crippen molar-refractivity contribution in [1.82, 2.24) is 35.8 Å². The van der Waals surface area contributed by atoms with Crippen molar-refractivity contribution in [3.63, 3.8) is 0 Å². The first-order valence-corrected chi connectivity index (χ1v) is 17.5. The lowest BCUT2D eigenvalue weighted by molar-refractivity contribution is -0.122. The highest BCUT2D eigenvalue weighted by molar-refractivity contribution is 7.90. The Morgan fingerprint density at radius 2 is 1.72 bits per heavy atom. The number of anilines is 1. The molecular weight excluding hydrogens is 620 g/mol. The van der Waals surface area contributed by atoms with E-state index in [1.807, 2.05) is 37.3 Å². The maximum Gasteiger partial charge on any atom is 0.301 e. The zero-order valence-corrected chi connectivity index (χ0v) is 27.8. The maximum absolute atomic E-state index is 13.9. The summed E-state index contributed by atoms with van der Waals surface area (Å²) in [6, 6.07) is 12.8. The van der Waals surface area contributed by atoms with Crippen LogP contribution in [0.4, 0.5) is 5.69 Å². The molecule has 14 heteroatoms. The van der Waals surface area contributed by atoms with Crippen molar-refractivity contribution in [2.24, 2.45) is 13.0 Å². The third-order valence-electron chi connectivity index (χ3n) is 8.40. The van der Waals surface area contributed by atoms with E-state index in [1.54, 1.807) is 31.0 Å². The van der Waals surface area contributed by atoms with Crippen LogP contribution in [0.25, 0.3) is 0 Å². The Morgan fingerprint density at radius 3 is 2.36 bits per heavy atom. The number of amides is 3. The van der Waals surface area contributed by atoms with Gasteiger partial charge in [-0.2, -0.15) is 18.2 Å². The molecule has 1 saturated carbocycles. The Balaban J connectivity index is 1.37. The van der Waals surface area contributed by atoms with Crippen LogP contribution < -0.4 is 30.3 Å². The van der Waals surface area contributed by atoms with E-state index in [9.17, 15) is 22.8 Å². The summed E-state index contributed by atoms with van der Waals surface area (Å²) in [6.07, 6.45) is 6.78. The average Bonchev–Trinajstić information content (AvgIpc) is 3.79. The van der Waals surface area contributed by atoms with E-state index < -0.39 is 34.1 Å². The molecule has 0 radical (unpaired) electrons. The van der Waals surface area contributed by atoms with E-state index in [-0.39, 0.29) is 35.3 Å².